The van der Waals surface area contributed by atoms with Crippen molar-refractivity contribution in [2.75, 3.05) is 11.9 Å². The number of halogens is 2. The van der Waals surface area contributed by atoms with Crippen molar-refractivity contribution in [2.45, 2.75) is 12.5 Å². The predicted octanol–water partition coefficient (Wildman–Crippen LogP) is 2.34. The molecule has 0 spiro atoms. The van der Waals surface area contributed by atoms with Gasteiger partial charge in [-0.1, -0.05) is 30.3 Å². The molecule has 0 bridgehead atoms. The highest BCUT2D eigenvalue weighted by molar-refractivity contribution is 5.37. The van der Waals surface area contributed by atoms with E-state index in [1.807, 2.05) is 30.3 Å². The number of hydrogen-bond acceptors (Lipinski definition) is 3. The van der Waals surface area contributed by atoms with Gasteiger partial charge >= 0.3 is 0 Å². The number of anilines is 1. The van der Waals surface area contributed by atoms with Crippen molar-refractivity contribution in [3.05, 3.63) is 59.8 Å². The minimum Gasteiger partial charge on any atom is -0.363 e. The summed E-state index contributed by atoms with van der Waals surface area (Å²) >= 11 is 0. The quantitative estimate of drug-likeness (QED) is 0.870. The molecule has 2 rings (SSSR count). The van der Waals surface area contributed by atoms with E-state index in [-0.39, 0.29) is 11.9 Å². The van der Waals surface area contributed by atoms with E-state index < -0.39 is 11.6 Å². The van der Waals surface area contributed by atoms with E-state index >= 15 is 0 Å². The first-order valence-corrected chi connectivity index (χ1v) is 6.00. The van der Waals surface area contributed by atoms with Crippen LogP contribution in [-0.2, 0) is 6.42 Å². The average Bonchev–Trinajstić information content (AvgIpc) is 2.42. The lowest BCUT2D eigenvalue weighted by molar-refractivity contribution is 0.572. The Balaban J connectivity index is 2.06. The van der Waals surface area contributed by atoms with E-state index in [0.717, 1.165) is 17.8 Å². The van der Waals surface area contributed by atoms with E-state index in [2.05, 4.69) is 10.3 Å². The summed E-state index contributed by atoms with van der Waals surface area (Å²) < 4.78 is 26.2. The number of hydrogen-bond donors (Lipinski definition) is 2. The van der Waals surface area contributed by atoms with Crippen LogP contribution in [0.1, 0.15) is 5.56 Å². The number of nitrogens with one attached hydrogen (secondary N) is 1. The number of nitrogens with zero attached hydrogens (tertiary/aromatic N) is 1. The Morgan fingerprint density at radius 1 is 1.21 bits per heavy atom. The first kappa shape index (κ1) is 13.4. The zero-order valence-electron chi connectivity index (χ0n) is 10.3. The zero-order valence-corrected chi connectivity index (χ0v) is 10.3. The molecule has 0 aliphatic carbocycles. The predicted molar refractivity (Wildman–Crippen MR) is 70.8 cm³/mol. The maximum absolute atomic E-state index is 13.5. The molecule has 1 unspecified atom stereocenters. The van der Waals surface area contributed by atoms with Gasteiger partial charge in [-0.3, -0.25) is 0 Å². The fraction of sp³-hybridized carbons (Fsp3) is 0.214. The second-order valence-electron chi connectivity index (χ2n) is 4.25. The lowest BCUT2D eigenvalue weighted by Gasteiger charge is -2.17. The van der Waals surface area contributed by atoms with Crippen LogP contribution in [0.2, 0.25) is 0 Å². The maximum atomic E-state index is 13.5. The molecular formula is C14H15F2N3. The van der Waals surface area contributed by atoms with Crippen LogP contribution in [0.4, 0.5) is 14.6 Å². The molecule has 2 aromatic rings. The third kappa shape index (κ3) is 3.72. The summed E-state index contributed by atoms with van der Waals surface area (Å²) in [4.78, 5) is 3.69. The van der Waals surface area contributed by atoms with Crippen molar-refractivity contribution in [3.63, 3.8) is 0 Å². The minimum atomic E-state index is -0.716. The van der Waals surface area contributed by atoms with E-state index in [4.69, 9.17) is 5.73 Å². The number of benzene rings is 1. The number of nitrogens with two attached hydrogens (primary N) is 1. The average molecular weight is 263 g/mol. The molecule has 3 N–H and O–H groups in total. The third-order valence-electron chi connectivity index (χ3n) is 2.76. The van der Waals surface area contributed by atoms with Gasteiger partial charge in [0.1, 0.15) is 5.82 Å². The lowest BCUT2D eigenvalue weighted by Crippen LogP contribution is -2.31. The molecule has 3 nitrogen and oxygen atoms in total. The van der Waals surface area contributed by atoms with Crippen LogP contribution in [-0.4, -0.2) is 17.6 Å². The molecule has 5 heteroatoms. The summed E-state index contributed by atoms with van der Waals surface area (Å²) in [5.74, 6) is -1.39. The monoisotopic (exact) mass is 263 g/mol. The Morgan fingerprint density at radius 2 is 1.95 bits per heavy atom. The summed E-state index contributed by atoms with van der Waals surface area (Å²) in [6.07, 6.45) is 1.62. The zero-order chi connectivity index (χ0) is 13.7. The molecule has 100 valence electrons. The fourth-order valence-electron chi connectivity index (χ4n) is 1.81. The van der Waals surface area contributed by atoms with Crippen LogP contribution < -0.4 is 11.1 Å². The van der Waals surface area contributed by atoms with Crippen molar-refractivity contribution in [1.82, 2.24) is 4.98 Å². The van der Waals surface area contributed by atoms with Gasteiger partial charge in [-0.2, -0.15) is 0 Å². The van der Waals surface area contributed by atoms with Crippen LogP contribution in [0.25, 0.3) is 0 Å². The van der Waals surface area contributed by atoms with Gasteiger partial charge in [0.05, 0.1) is 6.20 Å². The normalized spacial score (nSPS) is 12.2. The molecular weight excluding hydrogens is 248 g/mol. The van der Waals surface area contributed by atoms with Gasteiger partial charge < -0.3 is 11.1 Å². The molecule has 0 aliphatic rings. The van der Waals surface area contributed by atoms with Gasteiger partial charge in [0.25, 0.3) is 0 Å². The molecule has 0 fully saturated rings. The summed E-state index contributed by atoms with van der Waals surface area (Å²) in [7, 11) is 0. The molecule has 1 aromatic heterocycles. The topological polar surface area (TPSA) is 50.9 Å². The van der Waals surface area contributed by atoms with Gasteiger partial charge in [-0.15, -0.1) is 0 Å². The second-order valence-corrected chi connectivity index (χ2v) is 4.25. The first-order valence-electron chi connectivity index (χ1n) is 6.00. The van der Waals surface area contributed by atoms with Crippen LogP contribution in [0.5, 0.6) is 0 Å². The van der Waals surface area contributed by atoms with Crippen LogP contribution in [0.3, 0.4) is 0 Å². The highest BCUT2D eigenvalue weighted by Gasteiger charge is 2.12. The SMILES string of the molecule is NCC(Cc1ccccc1)Nc1ncc(F)cc1F. The van der Waals surface area contributed by atoms with E-state index in [1.165, 1.54) is 0 Å². The molecule has 1 atom stereocenters. The number of pyridine rings is 1. The molecule has 19 heavy (non-hydrogen) atoms. The van der Waals surface area contributed by atoms with Gasteiger partial charge in [0.2, 0.25) is 0 Å². The molecule has 0 radical (unpaired) electrons. The summed E-state index contributed by atoms with van der Waals surface area (Å²) in [5, 5.41) is 2.89. The molecule has 0 saturated carbocycles. The van der Waals surface area contributed by atoms with Gasteiger partial charge in [0, 0.05) is 18.7 Å². The van der Waals surface area contributed by atoms with Gasteiger partial charge in [-0.05, 0) is 12.0 Å². The largest absolute Gasteiger partial charge is 0.363 e. The first-order chi connectivity index (χ1) is 9.19. The Bertz CT molecular complexity index is 531. The van der Waals surface area contributed by atoms with Gasteiger partial charge in [0.15, 0.2) is 11.6 Å². The summed E-state index contributed by atoms with van der Waals surface area (Å²) in [6.45, 7) is 0.327. The van der Waals surface area contributed by atoms with E-state index in [1.54, 1.807) is 0 Å². The van der Waals surface area contributed by atoms with E-state index in [9.17, 15) is 8.78 Å². The van der Waals surface area contributed by atoms with Crippen LogP contribution in [0.15, 0.2) is 42.6 Å². The highest BCUT2D eigenvalue weighted by Crippen LogP contribution is 2.13. The second kappa shape index (κ2) is 6.24. The minimum absolute atomic E-state index is 0.0211. The van der Waals surface area contributed by atoms with E-state index in [0.29, 0.717) is 13.0 Å². The summed E-state index contributed by atoms with van der Waals surface area (Å²) in [5.41, 5.74) is 6.75. The Kier molecular flexibility index (Phi) is 4.41. The molecule has 0 amide bonds. The van der Waals surface area contributed by atoms with Crippen molar-refractivity contribution < 1.29 is 8.78 Å². The molecule has 0 aliphatic heterocycles. The van der Waals surface area contributed by atoms with Crippen molar-refractivity contribution >= 4 is 5.82 Å². The maximum Gasteiger partial charge on any atom is 0.168 e. The smallest absolute Gasteiger partial charge is 0.168 e. The lowest BCUT2D eigenvalue weighted by atomic mass is 10.1. The number of aromatic nitrogens is 1. The Labute approximate surface area is 110 Å². The molecule has 1 heterocycles. The van der Waals surface area contributed by atoms with Crippen molar-refractivity contribution in [2.24, 2.45) is 5.73 Å². The standard InChI is InChI=1S/C14H15F2N3/c15-11-7-13(16)14(18-9-11)19-12(8-17)6-10-4-2-1-3-5-10/h1-5,7,9,12H,6,8,17H2,(H,18,19). The molecule has 1 aromatic carbocycles. The Hall–Kier alpha value is -2.01. The van der Waals surface area contributed by atoms with Crippen LogP contribution >= 0.6 is 0 Å². The number of rotatable bonds is 5. The summed E-state index contributed by atoms with van der Waals surface area (Å²) in [6, 6.07) is 10.4. The fourth-order valence-corrected chi connectivity index (χ4v) is 1.81. The molecule has 0 saturated heterocycles. The third-order valence-corrected chi connectivity index (χ3v) is 2.76. The highest BCUT2D eigenvalue weighted by atomic mass is 19.1. The van der Waals surface area contributed by atoms with Crippen molar-refractivity contribution in [1.29, 1.82) is 0 Å². The van der Waals surface area contributed by atoms with Crippen LogP contribution in [0, 0.1) is 11.6 Å². The van der Waals surface area contributed by atoms with Crippen molar-refractivity contribution in [3.8, 4) is 0 Å². The van der Waals surface area contributed by atoms with Gasteiger partial charge in [-0.25, -0.2) is 13.8 Å². The Morgan fingerprint density at radius 3 is 2.58 bits per heavy atom.